The number of H-pyrrole nitrogens is 1. The number of fused-ring (bicyclic) bond motifs is 1. The van der Waals surface area contributed by atoms with E-state index in [1.165, 1.54) is 12.1 Å². The second-order valence-corrected chi connectivity index (χ2v) is 7.16. The summed E-state index contributed by atoms with van der Waals surface area (Å²) in [5.74, 6) is -1.44. The molecule has 26 heavy (non-hydrogen) atoms. The van der Waals surface area contributed by atoms with Crippen molar-refractivity contribution in [3.05, 3.63) is 57.9 Å². The van der Waals surface area contributed by atoms with Crippen molar-refractivity contribution in [1.29, 1.82) is 0 Å². The molecule has 2 aromatic rings. The summed E-state index contributed by atoms with van der Waals surface area (Å²) in [6.07, 6.45) is 3.78. The molecule has 1 N–H and O–H groups in total. The monoisotopic (exact) mass is 358 g/mol. The highest BCUT2D eigenvalue weighted by Crippen LogP contribution is 2.33. The van der Waals surface area contributed by atoms with Crippen molar-refractivity contribution in [1.82, 2.24) is 9.88 Å². The van der Waals surface area contributed by atoms with E-state index in [0.717, 1.165) is 37.4 Å². The maximum atomic E-state index is 14.0. The zero-order valence-electron chi connectivity index (χ0n) is 14.6. The molecule has 1 aromatic heterocycles. The average molecular weight is 358 g/mol. The van der Waals surface area contributed by atoms with Gasteiger partial charge in [-0.15, -0.1) is 0 Å². The molecule has 0 atom stereocenters. The zero-order chi connectivity index (χ0) is 18.4. The van der Waals surface area contributed by atoms with Crippen molar-refractivity contribution < 1.29 is 18.4 Å². The molecule has 1 heterocycles. The number of hydrogen-bond acceptors (Lipinski definition) is 2. The number of aromatic nitrogens is 1. The van der Waals surface area contributed by atoms with Crippen LogP contribution in [-0.2, 0) is 13.0 Å². The number of Topliss-reactive ketones (excluding diaryl/α,β-unsaturated/α-hetero) is 1. The van der Waals surface area contributed by atoms with Crippen molar-refractivity contribution in [3.8, 4) is 0 Å². The van der Waals surface area contributed by atoms with Gasteiger partial charge in [-0.05, 0) is 44.2 Å². The lowest BCUT2D eigenvalue weighted by Crippen LogP contribution is -2.33. The molecule has 1 fully saturated rings. The smallest absolute Gasteiger partial charge is 0.271 e. The Morgan fingerprint density at radius 1 is 1.27 bits per heavy atom. The fraction of sp³-hybridized carbons (Fsp3) is 0.400. The van der Waals surface area contributed by atoms with Crippen LogP contribution in [0.2, 0.25) is 0 Å². The number of halogens is 2. The molecule has 4 nitrogen and oxygen atoms in total. The van der Waals surface area contributed by atoms with Gasteiger partial charge in [0.2, 0.25) is 0 Å². The molecule has 136 valence electrons. The van der Waals surface area contributed by atoms with E-state index in [9.17, 15) is 18.4 Å². The van der Waals surface area contributed by atoms with Gasteiger partial charge in [-0.1, -0.05) is 6.07 Å². The molecule has 0 aliphatic heterocycles. The lowest BCUT2D eigenvalue weighted by molar-refractivity contribution is 0.0722. The summed E-state index contributed by atoms with van der Waals surface area (Å²) in [5, 5.41) is 0. The Labute approximate surface area is 150 Å². The van der Waals surface area contributed by atoms with Crippen LogP contribution in [0.4, 0.5) is 8.78 Å². The van der Waals surface area contributed by atoms with E-state index in [4.69, 9.17) is 0 Å². The molecule has 4 rings (SSSR count). The lowest BCUT2D eigenvalue weighted by Gasteiger charge is -2.23. The number of aromatic amines is 1. The van der Waals surface area contributed by atoms with Crippen LogP contribution < -0.4 is 0 Å². The van der Waals surface area contributed by atoms with E-state index in [1.54, 1.807) is 11.8 Å². The highest BCUT2D eigenvalue weighted by Gasteiger charge is 2.36. The molecule has 6 heteroatoms. The minimum atomic E-state index is -0.652. The van der Waals surface area contributed by atoms with Gasteiger partial charge in [-0.2, -0.15) is 0 Å². The Morgan fingerprint density at radius 3 is 2.69 bits per heavy atom. The van der Waals surface area contributed by atoms with Gasteiger partial charge >= 0.3 is 0 Å². The highest BCUT2D eigenvalue weighted by atomic mass is 19.1. The largest absolute Gasteiger partial charge is 0.354 e. The quantitative estimate of drug-likeness (QED) is 0.900. The molecule has 1 aromatic carbocycles. The minimum Gasteiger partial charge on any atom is -0.354 e. The fourth-order valence-electron chi connectivity index (χ4n) is 3.72. The maximum Gasteiger partial charge on any atom is 0.271 e. The van der Waals surface area contributed by atoms with E-state index >= 15 is 0 Å². The van der Waals surface area contributed by atoms with Gasteiger partial charge in [0.15, 0.2) is 5.78 Å². The van der Waals surface area contributed by atoms with Crippen LogP contribution in [0.3, 0.4) is 0 Å². The van der Waals surface area contributed by atoms with Crippen LogP contribution in [0.25, 0.3) is 0 Å². The van der Waals surface area contributed by atoms with Crippen LogP contribution in [0.5, 0.6) is 0 Å². The summed E-state index contributed by atoms with van der Waals surface area (Å²) in [4.78, 5) is 30.1. The second-order valence-electron chi connectivity index (χ2n) is 7.16. The number of hydrogen-bond donors (Lipinski definition) is 1. The average Bonchev–Trinajstić information content (AvgIpc) is 3.37. The van der Waals surface area contributed by atoms with Gasteiger partial charge in [0, 0.05) is 41.9 Å². The van der Waals surface area contributed by atoms with Crippen LogP contribution in [0.1, 0.15) is 63.4 Å². The van der Waals surface area contributed by atoms with Crippen molar-refractivity contribution in [2.75, 3.05) is 0 Å². The van der Waals surface area contributed by atoms with Gasteiger partial charge in [-0.25, -0.2) is 8.78 Å². The summed E-state index contributed by atoms with van der Waals surface area (Å²) in [5.41, 5.74) is 2.85. The number of amides is 1. The minimum absolute atomic E-state index is 0.0578. The number of carbonyl (C=O) groups excluding carboxylic acids is 2. The molecule has 2 aliphatic carbocycles. The number of carbonyl (C=O) groups is 2. The summed E-state index contributed by atoms with van der Waals surface area (Å²) in [6, 6.07) is 3.47. The van der Waals surface area contributed by atoms with Gasteiger partial charge < -0.3 is 9.88 Å². The first-order valence-electron chi connectivity index (χ1n) is 8.95. The second kappa shape index (κ2) is 6.34. The summed E-state index contributed by atoms with van der Waals surface area (Å²) in [6.45, 7) is 1.88. The van der Waals surface area contributed by atoms with Crippen LogP contribution in [-0.4, -0.2) is 27.6 Å². The van der Waals surface area contributed by atoms with Gasteiger partial charge in [0.1, 0.15) is 17.3 Å². The Balaban J connectivity index is 1.66. The molecule has 2 aliphatic rings. The zero-order valence-corrected chi connectivity index (χ0v) is 14.6. The van der Waals surface area contributed by atoms with Crippen LogP contribution in [0, 0.1) is 18.6 Å². The fourth-order valence-corrected chi connectivity index (χ4v) is 3.72. The lowest BCUT2D eigenvalue weighted by atomic mass is 9.93. The van der Waals surface area contributed by atoms with Crippen molar-refractivity contribution in [2.45, 2.75) is 51.6 Å². The van der Waals surface area contributed by atoms with E-state index in [2.05, 4.69) is 4.98 Å². The van der Waals surface area contributed by atoms with E-state index in [0.29, 0.717) is 23.2 Å². The van der Waals surface area contributed by atoms with Gasteiger partial charge in [0.25, 0.3) is 5.91 Å². The molecular weight excluding hydrogens is 338 g/mol. The Bertz CT molecular complexity index is 899. The number of rotatable bonds is 4. The summed E-state index contributed by atoms with van der Waals surface area (Å²) in [7, 11) is 0. The number of nitrogens with one attached hydrogen (secondary N) is 1. The van der Waals surface area contributed by atoms with E-state index < -0.39 is 11.6 Å². The first-order chi connectivity index (χ1) is 12.5. The molecule has 0 saturated heterocycles. The molecule has 0 unspecified atom stereocenters. The predicted octanol–water partition coefficient (Wildman–Crippen LogP) is 3.93. The van der Waals surface area contributed by atoms with Crippen molar-refractivity contribution in [3.63, 3.8) is 0 Å². The van der Waals surface area contributed by atoms with Gasteiger partial charge in [0.05, 0.1) is 0 Å². The number of ketones is 1. The first-order valence-corrected chi connectivity index (χ1v) is 8.95. The number of nitrogens with zero attached hydrogens (tertiary/aromatic N) is 1. The van der Waals surface area contributed by atoms with Crippen molar-refractivity contribution in [2.24, 2.45) is 0 Å². The standard InChI is InChI=1S/C20H20F2N2O2/c1-11-18-16(3-2-4-17(18)25)23-19(11)20(26)24(14-7-8-14)10-12-5-6-13(21)9-15(12)22/h5-6,9,14,23H,2-4,7-8,10H2,1H3. The summed E-state index contributed by atoms with van der Waals surface area (Å²) < 4.78 is 27.2. The third-order valence-electron chi connectivity index (χ3n) is 5.26. The molecule has 1 saturated carbocycles. The SMILES string of the molecule is Cc1c(C(=O)N(Cc2ccc(F)cc2F)C2CC2)[nH]c2c1C(=O)CCC2. The Kier molecular flexibility index (Phi) is 4.13. The maximum absolute atomic E-state index is 14.0. The molecule has 1 amide bonds. The number of benzene rings is 1. The van der Waals surface area contributed by atoms with Gasteiger partial charge in [-0.3, -0.25) is 9.59 Å². The van der Waals surface area contributed by atoms with E-state index in [-0.39, 0.29) is 29.8 Å². The Morgan fingerprint density at radius 2 is 2.04 bits per heavy atom. The Hall–Kier alpha value is -2.50. The normalized spacial score (nSPS) is 16.5. The van der Waals surface area contributed by atoms with Crippen molar-refractivity contribution >= 4 is 11.7 Å². The highest BCUT2D eigenvalue weighted by molar-refractivity contribution is 6.04. The molecule has 0 radical (unpaired) electrons. The molecule has 0 bridgehead atoms. The van der Waals surface area contributed by atoms with Crippen LogP contribution in [0.15, 0.2) is 18.2 Å². The first kappa shape index (κ1) is 16.9. The summed E-state index contributed by atoms with van der Waals surface area (Å²) >= 11 is 0. The third-order valence-corrected chi connectivity index (χ3v) is 5.26. The topological polar surface area (TPSA) is 53.2 Å². The van der Waals surface area contributed by atoms with Crippen LogP contribution >= 0.6 is 0 Å². The van der Waals surface area contributed by atoms with E-state index in [1.807, 2.05) is 0 Å². The number of aryl methyl sites for hydroxylation is 1. The molecule has 0 spiro atoms. The third kappa shape index (κ3) is 2.93. The molecular formula is C20H20F2N2O2. The predicted molar refractivity (Wildman–Crippen MR) is 92.1 cm³/mol.